The van der Waals surface area contributed by atoms with Crippen LogP contribution in [-0.4, -0.2) is 33.9 Å². The summed E-state index contributed by atoms with van der Waals surface area (Å²) >= 11 is 0. The maximum atomic E-state index is 12.0. The van der Waals surface area contributed by atoms with Gasteiger partial charge in [0.25, 0.3) is 0 Å². The zero-order valence-electron chi connectivity index (χ0n) is 15.8. The SMILES string of the molecule is CC.CC(C)(C)OC(=O)Nc1nc2c(c3c1COC3)CC(C(=O)O)OC2. The molecule has 144 valence electrons. The molecular weight excluding hydrogens is 340 g/mol. The van der Waals surface area contributed by atoms with Crippen molar-refractivity contribution in [2.75, 3.05) is 5.32 Å². The standard InChI is InChI=1S/C16H20N2O6.C2H6/c1-16(2,3)24-15(21)18-13-10-6-22-5-9(10)8-4-12(14(19)20)23-7-11(8)17-13;1-2/h12H,4-7H2,1-3H3,(H,19,20)(H,17,18,21);1-2H3. The molecule has 1 aromatic heterocycles. The van der Waals surface area contributed by atoms with Gasteiger partial charge in [0.1, 0.15) is 11.4 Å². The van der Waals surface area contributed by atoms with E-state index in [0.717, 1.165) is 16.7 Å². The van der Waals surface area contributed by atoms with E-state index in [9.17, 15) is 9.59 Å². The number of hydrogen-bond acceptors (Lipinski definition) is 6. The molecule has 0 spiro atoms. The summed E-state index contributed by atoms with van der Waals surface area (Å²) in [5.74, 6) is -0.614. The molecule has 1 unspecified atom stereocenters. The fourth-order valence-corrected chi connectivity index (χ4v) is 2.80. The van der Waals surface area contributed by atoms with Crippen LogP contribution in [0.2, 0.25) is 0 Å². The highest BCUT2D eigenvalue weighted by Crippen LogP contribution is 2.34. The number of pyridine rings is 1. The zero-order chi connectivity index (χ0) is 19.5. The first kappa shape index (κ1) is 20.1. The number of aliphatic carboxylic acids is 1. The molecule has 8 heteroatoms. The molecule has 0 aliphatic carbocycles. The van der Waals surface area contributed by atoms with Gasteiger partial charge in [-0.1, -0.05) is 13.8 Å². The topological polar surface area (TPSA) is 107 Å². The molecule has 26 heavy (non-hydrogen) atoms. The largest absolute Gasteiger partial charge is 0.479 e. The van der Waals surface area contributed by atoms with Crippen LogP contribution < -0.4 is 5.32 Å². The molecule has 0 fully saturated rings. The minimum atomic E-state index is -0.996. The van der Waals surface area contributed by atoms with Crippen LogP contribution in [0.4, 0.5) is 10.6 Å². The van der Waals surface area contributed by atoms with Gasteiger partial charge in [-0.05, 0) is 31.9 Å². The van der Waals surface area contributed by atoms with E-state index in [1.807, 2.05) is 13.8 Å². The highest BCUT2D eigenvalue weighted by atomic mass is 16.6. The van der Waals surface area contributed by atoms with Gasteiger partial charge in [-0.15, -0.1) is 0 Å². The number of anilines is 1. The number of carbonyl (C=O) groups excluding carboxylic acids is 1. The Hall–Kier alpha value is -2.19. The van der Waals surface area contributed by atoms with Gasteiger partial charge < -0.3 is 19.3 Å². The van der Waals surface area contributed by atoms with Gasteiger partial charge >= 0.3 is 12.1 Å². The first-order valence-electron chi connectivity index (χ1n) is 8.70. The van der Waals surface area contributed by atoms with Gasteiger partial charge in [0.15, 0.2) is 6.10 Å². The molecule has 0 aromatic carbocycles. The summed E-state index contributed by atoms with van der Waals surface area (Å²) < 4.78 is 16.1. The zero-order valence-corrected chi connectivity index (χ0v) is 15.8. The predicted molar refractivity (Wildman–Crippen MR) is 93.9 cm³/mol. The van der Waals surface area contributed by atoms with E-state index in [4.69, 9.17) is 19.3 Å². The molecule has 0 saturated heterocycles. The Bertz CT molecular complexity index is 696. The summed E-state index contributed by atoms with van der Waals surface area (Å²) in [6.45, 7) is 10.1. The fraction of sp³-hybridized carbons (Fsp3) is 0.611. The van der Waals surface area contributed by atoms with Crippen molar-refractivity contribution in [2.45, 2.75) is 72.6 Å². The average Bonchev–Trinajstić information content (AvgIpc) is 3.05. The Kier molecular flexibility index (Phi) is 6.20. The third-order valence-electron chi connectivity index (χ3n) is 3.81. The third kappa shape index (κ3) is 4.50. The van der Waals surface area contributed by atoms with Crippen LogP contribution in [0.5, 0.6) is 0 Å². The summed E-state index contributed by atoms with van der Waals surface area (Å²) in [7, 11) is 0. The summed E-state index contributed by atoms with van der Waals surface area (Å²) in [5.41, 5.74) is 2.51. The molecule has 0 bridgehead atoms. The van der Waals surface area contributed by atoms with Crippen molar-refractivity contribution in [3.05, 3.63) is 22.4 Å². The van der Waals surface area contributed by atoms with Crippen LogP contribution >= 0.6 is 0 Å². The lowest BCUT2D eigenvalue weighted by atomic mass is 9.95. The van der Waals surface area contributed by atoms with E-state index in [1.165, 1.54) is 0 Å². The first-order chi connectivity index (χ1) is 12.2. The van der Waals surface area contributed by atoms with Gasteiger partial charge in [0.05, 0.1) is 25.5 Å². The minimum absolute atomic E-state index is 0.0859. The number of amides is 1. The van der Waals surface area contributed by atoms with Crippen LogP contribution in [0.1, 0.15) is 57.0 Å². The summed E-state index contributed by atoms with van der Waals surface area (Å²) in [5, 5.41) is 11.8. The molecule has 1 aromatic rings. The second-order valence-corrected chi connectivity index (χ2v) is 6.80. The highest BCUT2D eigenvalue weighted by Gasteiger charge is 2.32. The van der Waals surface area contributed by atoms with Crippen molar-refractivity contribution < 1.29 is 28.9 Å². The Morgan fingerprint density at radius 1 is 1.15 bits per heavy atom. The number of ether oxygens (including phenoxy) is 3. The van der Waals surface area contributed by atoms with Crippen molar-refractivity contribution in [1.29, 1.82) is 0 Å². The van der Waals surface area contributed by atoms with Crippen LogP contribution in [0.15, 0.2) is 0 Å². The van der Waals surface area contributed by atoms with Crippen LogP contribution in [-0.2, 0) is 45.2 Å². The van der Waals surface area contributed by atoms with E-state index in [1.54, 1.807) is 20.8 Å². The van der Waals surface area contributed by atoms with Crippen molar-refractivity contribution in [3.8, 4) is 0 Å². The fourth-order valence-electron chi connectivity index (χ4n) is 2.80. The number of carboxylic acids is 1. The van der Waals surface area contributed by atoms with Crippen molar-refractivity contribution >= 4 is 17.9 Å². The third-order valence-corrected chi connectivity index (χ3v) is 3.81. The van der Waals surface area contributed by atoms with E-state index < -0.39 is 23.8 Å². The number of fused-ring (bicyclic) bond motifs is 3. The quantitative estimate of drug-likeness (QED) is 0.828. The van der Waals surface area contributed by atoms with Crippen molar-refractivity contribution in [2.24, 2.45) is 0 Å². The van der Waals surface area contributed by atoms with Crippen LogP contribution in [0.3, 0.4) is 0 Å². The van der Waals surface area contributed by atoms with Crippen molar-refractivity contribution in [3.63, 3.8) is 0 Å². The molecule has 2 aliphatic rings. The average molecular weight is 366 g/mol. The Labute approximate surface area is 152 Å². The number of hydrogen-bond donors (Lipinski definition) is 2. The van der Waals surface area contributed by atoms with E-state index in [0.29, 0.717) is 24.7 Å². The maximum absolute atomic E-state index is 12.0. The molecule has 2 aliphatic heterocycles. The number of carboxylic acid groups (broad SMARTS) is 1. The molecule has 0 radical (unpaired) electrons. The second kappa shape index (κ2) is 8.01. The molecule has 1 atom stereocenters. The monoisotopic (exact) mass is 366 g/mol. The van der Waals surface area contributed by atoms with Crippen LogP contribution in [0.25, 0.3) is 0 Å². The highest BCUT2D eigenvalue weighted by molar-refractivity contribution is 5.85. The Balaban J connectivity index is 0.00000117. The molecule has 3 rings (SSSR count). The Morgan fingerprint density at radius 2 is 1.81 bits per heavy atom. The number of carbonyl (C=O) groups is 2. The van der Waals surface area contributed by atoms with Crippen LogP contribution in [0, 0.1) is 0 Å². The van der Waals surface area contributed by atoms with Gasteiger partial charge in [0.2, 0.25) is 0 Å². The number of nitrogens with zero attached hydrogens (tertiary/aromatic N) is 1. The van der Waals surface area contributed by atoms with Crippen molar-refractivity contribution in [1.82, 2.24) is 4.98 Å². The lowest BCUT2D eigenvalue weighted by Crippen LogP contribution is -2.32. The lowest BCUT2D eigenvalue weighted by Gasteiger charge is -2.25. The molecule has 8 nitrogen and oxygen atoms in total. The second-order valence-electron chi connectivity index (χ2n) is 6.80. The summed E-state index contributed by atoms with van der Waals surface area (Å²) in [6.07, 6.45) is -1.23. The van der Waals surface area contributed by atoms with Gasteiger partial charge in [0, 0.05) is 12.0 Å². The summed E-state index contributed by atoms with van der Waals surface area (Å²) in [4.78, 5) is 27.6. The predicted octanol–water partition coefficient (Wildman–Crippen LogP) is 3.01. The summed E-state index contributed by atoms with van der Waals surface area (Å²) in [6, 6.07) is 0. The Morgan fingerprint density at radius 3 is 2.42 bits per heavy atom. The minimum Gasteiger partial charge on any atom is -0.479 e. The number of aromatic nitrogens is 1. The van der Waals surface area contributed by atoms with E-state index in [2.05, 4.69) is 10.3 Å². The smallest absolute Gasteiger partial charge is 0.413 e. The van der Waals surface area contributed by atoms with Gasteiger partial charge in [-0.2, -0.15) is 0 Å². The number of rotatable bonds is 2. The van der Waals surface area contributed by atoms with Gasteiger partial charge in [-0.25, -0.2) is 14.6 Å². The van der Waals surface area contributed by atoms with E-state index >= 15 is 0 Å². The van der Waals surface area contributed by atoms with E-state index in [-0.39, 0.29) is 13.0 Å². The molecule has 1 amide bonds. The number of nitrogens with one attached hydrogen (secondary N) is 1. The normalized spacial score (nSPS) is 18.1. The van der Waals surface area contributed by atoms with Gasteiger partial charge in [-0.3, -0.25) is 5.32 Å². The molecule has 0 saturated carbocycles. The lowest BCUT2D eigenvalue weighted by molar-refractivity contribution is -0.152. The maximum Gasteiger partial charge on any atom is 0.413 e. The molecule has 2 N–H and O–H groups in total. The molecular formula is C18H26N2O6. The molecule has 3 heterocycles. The first-order valence-corrected chi connectivity index (χ1v) is 8.70.